The van der Waals surface area contributed by atoms with Gasteiger partial charge in [-0.05, 0) is 43.5 Å². The Kier molecular flexibility index (Phi) is 7.05. The second-order valence-corrected chi connectivity index (χ2v) is 8.78. The van der Waals surface area contributed by atoms with Gasteiger partial charge in [-0.3, -0.25) is 4.79 Å². The number of halogens is 1. The topological polar surface area (TPSA) is 49.3 Å². The van der Waals surface area contributed by atoms with Crippen molar-refractivity contribution in [3.8, 4) is 0 Å². The Morgan fingerprint density at radius 2 is 1.66 bits per heavy atom. The molecule has 0 spiro atoms. The van der Waals surface area contributed by atoms with E-state index in [4.69, 9.17) is 16.6 Å². The molecule has 2 heterocycles. The molecule has 0 bridgehead atoms. The number of amides is 1. The summed E-state index contributed by atoms with van der Waals surface area (Å²) in [6.45, 7) is 7.11. The molecule has 6 heteroatoms. The van der Waals surface area contributed by atoms with Gasteiger partial charge < -0.3 is 9.80 Å². The predicted molar refractivity (Wildman–Crippen MR) is 129 cm³/mol. The Balaban J connectivity index is 1.51. The van der Waals surface area contributed by atoms with Gasteiger partial charge in [0.2, 0.25) is 5.91 Å². The van der Waals surface area contributed by atoms with E-state index in [0.717, 1.165) is 66.0 Å². The Bertz CT molecular complexity index is 1070. The van der Waals surface area contributed by atoms with Crippen LogP contribution in [0.2, 0.25) is 5.02 Å². The molecule has 1 aromatic heterocycles. The monoisotopic (exact) mass is 448 g/mol. The molecule has 4 rings (SSSR count). The highest BCUT2D eigenvalue weighted by atomic mass is 35.5. The number of hydrogen-bond donors (Lipinski definition) is 0. The van der Waals surface area contributed by atoms with Crippen LogP contribution in [0.4, 0.5) is 5.82 Å². The van der Waals surface area contributed by atoms with Gasteiger partial charge in [-0.1, -0.05) is 54.1 Å². The molecule has 3 aromatic rings. The highest BCUT2D eigenvalue weighted by Crippen LogP contribution is 2.26. The van der Waals surface area contributed by atoms with Crippen molar-refractivity contribution in [3.63, 3.8) is 0 Å². The number of aryl methyl sites for hydroxylation is 2. The summed E-state index contributed by atoms with van der Waals surface area (Å²) in [6.07, 6.45) is 2.13. The van der Waals surface area contributed by atoms with Gasteiger partial charge in [0, 0.05) is 48.9 Å². The van der Waals surface area contributed by atoms with E-state index in [1.807, 2.05) is 54.3 Å². The highest BCUT2D eigenvalue weighted by Gasteiger charge is 2.23. The molecular weight excluding hydrogens is 420 g/mol. The number of carbonyl (C=O) groups excluding carboxylic acids is 1. The van der Waals surface area contributed by atoms with Crippen LogP contribution in [0.3, 0.4) is 0 Å². The third-order valence-corrected chi connectivity index (χ3v) is 6.20. The van der Waals surface area contributed by atoms with E-state index in [0.29, 0.717) is 13.0 Å². The minimum atomic E-state index is 0.189. The van der Waals surface area contributed by atoms with Gasteiger partial charge in [0.25, 0.3) is 0 Å². The molecule has 0 atom stereocenters. The maximum absolute atomic E-state index is 12.9. The highest BCUT2D eigenvalue weighted by molar-refractivity contribution is 6.30. The van der Waals surface area contributed by atoms with Gasteiger partial charge in [0.05, 0.1) is 6.42 Å². The number of benzene rings is 2. The van der Waals surface area contributed by atoms with Crippen LogP contribution < -0.4 is 4.90 Å². The van der Waals surface area contributed by atoms with E-state index in [-0.39, 0.29) is 5.91 Å². The summed E-state index contributed by atoms with van der Waals surface area (Å²) in [5, 5.41) is 0.735. The van der Waals surface area contributed by atoms with Crippen molar-refractivity contribution in [1.82, 2.24) is 14.9 Å². The van der Waals surface area contributed by atoms with Gasteiger partial charge in [-0.25, -0.2) is 9.97 Å². The lowest BCUT2D eigenvalue weighted by molar-refractivity contribution is -0.130. The van der Waals surface area contributed by atoms with Crippen LogP contribution >= 0.6 is 11.6 Å². The number of nitrogens with zero attached hydrogens (tertiary/aromatic N) is 4. The Labute approximate surface area is 195 Å². The van der Waals surface area contributed by atoms with E-state index >= 15 is 0 Å². The lowest BCUT2D eigenvalue weighted by atomic mass is 10.0. The number of rotatable bonds is 5. The Morgan fingerprint density at radius 1 is 0.906 bits per heavy atom. The van der Waals surface area contributed by atoms with Gasteiger partial charge in [0.15, 0.2) is 0 Å². The van der Waals surface area contributed by atoms with Crippen LogP contribution in [0.25, 0.3) is 0 Å². The van der Waals surface area contributed by atoms with E-state index in [1.54, 1.807) is 0 Å². The molecule has 0 saturated carbocycles. The van der Waals surface area contributed by atoms with Crippen LogP contribution in [-0.2, 0) is 17.6 Å². The Morgan fingerprint density at radius 3 is 2.41 bits per heavy atom. The van der Waals surface area contributed by atoms with Crippen molar-refractivity contribution < 1.29 is 4.79 Å². The quantitative estimate of drug-likeness (QED) is 0.571. The molecule has 0 radical (unpaired) electrons. The third-order valence-electron chi connectivity index (χ3n) is 5.94. The largest absolute Gasteiger partial charge is 0.354 e. The second kappa shape index (κ2) is 10.1. The normalized spacial score (nSPS) is 14.3. The second-order valence-electron chi connectivity index (χ2n) is 8.35. The molecule has 0 unspecified atom stereocenters. The van der Waals surface area contributed by atoms with E-state index < -0.39 is 0 Å². The molecule has 166 valence electrons. The molecule has 1 amide bonds. The first kappa shape index (κ1) is 22.3. The van der Waals surface area contributed by atoms with Crippen molar-refractivity contribution in [2.75, 3.05) is 31.1 Å². The van der Waals surface area contributed by atoms with E-state index in [2.05, 4.69) is 28.9 Å². The van der Waals surface area contributed by atoms with Crippen LogP contribution in [0, 0.1) is 13.8 Å². The zero-order valence-corrected chi connectivity index (χ0v) is 19.5. The zero-order valence-electron chi connectivity index (χ0n) is 18.7. The molecule has 32 heavy (non-hydrogen) atoms. The minimum absolute atomic E-state index is 0.189. The molecular formula is C26H29ClN4O. The van der Waals surface area contributed by atoms with Crippen LogP contribution in [0.1, 0.15) is 34.6 Å². The maximum atomic E-state index is 12.9. The maximum Gasteiger partial charge on any atom is 0.227 e. The van der Waals surface area contributed by atoms with Crippen molar-refractivity contribution in [2.45, 2.75) is 33.1 Å². The molecule has 0 N–H and O–H groups in total. The lowest BCUT2D eigenvalue weighted by Gasteiger charge is -2.26. The molecule has 5 nitrogen and oxygen atoms in total. The standard InChI is InChI=1S/C26H29ClN4O/c1-19-24(17-22-9-11-23(27)12-10-22)26(29-20(2)28-19)31-14-6-13-30(15-16-31)25(32)18-21-7-4-3-5-8-21/h3-5,7-12H,6,13-18H2,1-2H3. The SMILES string of the molecule is Cc1nc(C)c(Cc2ccc(Cl)cc2)c(N2CCCN(C(=O)Cc3ccccc3)CC2)n1. The fraction of sp³-hybridized carbons (Fsp3) is 0.346. The molecule has 2 aromatic carbocycles. The molecule has 1 fully saturated rings. The fourth-order valence-electron chi connectivity index (χ4n) is 4.25. The third kappa shape index (κ3) is 5.46. The zero-order chi connectivity index (χ0) is 22.5. The minimum Gasteiger partial charge on any atom is -0.354 e. The summed E-state index contributed by atoms with van der Waals surface area (Å²) >= 11 is 6.06. The number of anilines is 1. The van der Waals surface area contributed by atoms with Crippen molar-refractivity contribution in [3.05, 3.63) is 87.8 Å². The summed E-state index contributed by atoms with van der Waals surface area (Å²) in [7, 11) is 0. The first-order chi connectivity index (χ1) is 15.5. The average molecular weight is 449 g/mol. The number of hydrogen-bond acceptors (Lipinski definition) is 4. The first-order valence-corrected chi connectivity index (χ1v) is 11.5. The van der Waals surface area contributed by atoms with Gasteiger partial charge in [-0.2, -0.15) is 0 Å². The predicted octanol–water partition coefficient (Wildman–Crippen LogP) is 4.62. The lowest BCUT2D eigenvalue weighted by Crippen LogP contribution is -2.36. The fourth-order valence-corrected chi connectivity index (χ4v) is 4.38. The number of aromatic nitrogens is 2. The molecule has 1 aliphatic rings. The van der Waals surface area contributed by atoms with Crippen LogP contribution in [0.15, 0.2) is 54.6 Å². The van der Waals surface area contributed by atoms with E-state index in [9.17, 15) is 4.79 Å². The first-order valence-electron chi connectivity index (χ1n) is 11.1. The summed E-state index contributed by atoms with van der Waals surface area (Å²) < 4.78 is 0. The van der Waals surface area contributed by atoms with Crippen molar-refractivity contribution in [1.29, 1.82) is 0 Å². The summed E-state index contributed by atoms with van der Waals surface area (Å²) in [4.78, 5) is 26.7. The van der Waals surface area contributed by atoms with Crippen LogP contribution in [0.5, 0.6) is 0 Å². The molecule has 1 saturated heterocycles. The molecule has 0 aliphatic carbocycles. The van der Waals surface area contributed by atoms with Gasteiger partial charge in [-0.15, -0.1) is 0 Å². The summed E-state index contributed by atoms with van der Waals surface area (Å²) in [5.41, 5.74) is 4.39. The van der Waals surface area contributed by atoms with E-state index in [1.165, 1.54) is 5.56 Å². The summed E-state index contributed by atoms with van der Waals surface area (Å²) in [6, 6.07) is 17.9. The van der Waals surface area contributed by atoms with Crippen molar-refractivity contribution in [2.24, 2.45) is 0 Å². The smallest absolute Gasteiger partial charge is 0.227 e. The molecule has 1 aliphatic heterocycles. The number of carbonyl (C=O) groups is 1. The van der Waals surface area contributed by atoms with Gasteiger partial charge in [0.1, 0.15) is 11.6 Å². The van der Waals surface area contributed by atoms with Crippen molar-refractivity contribution >= 4 is 23.3 Å². The average Bonchev–Trinajstić information content (AvgIpc) is 3.04. The summed E-state index contributed by atoms with van der Waals surface area (Å²) in [5.74, 6) is 1.95. The van der Waals surface area contributed by atoms with Crippen LogP contribution in [-0.4, -0.2) is 47.0 Å². The Hall–Kier alpha value is -2.92. The van der Waals surface area contributed by atoms with Gasteiger partial charge >= 0.3 is 0 Å².